The molecule has 0 saturated heterocycles. The van der Waals surface area contributed by atoms with Crippen molar-refractivity contribution in [1.82, 2.24) is 25.5 Å². The van der Waals surface area contributed by atoms with Gasteiger partial charge in [-0.15, -0.1) is 5.10 Å². The van der Waals surface area contributed by atoms with Gasteiger partial charge in [0.2, 0.25) is 0 Å². The molecule has 0 saturated carbocycles. The summed E-state index contributed by atoms with van der Waals surface area (Å²) in [5, 5.41) is 17.2. The third-order valence-electron chi connectivity index (χ3n) is 3.33. The zero-order chi connectivity index (χ0) is 16.8. The predicted octanol–water partition coefficient (Wildman–Crippen LogP) is 2.68. The maximum absolute atomic E-state index is 11.9. The van der Waals surface area contributed by atoms with Crippen LogP contribution >= 0.6 is 11.6 Å². The first-order valence-corrected chi connectivity index (χ1v) is 7.71. The Kier molecular flexibility index (Phi) is 5.02. The number of rotatable bonds is 5. The average Bonchev–Trinajstić information content (AvgIpc) is 3.10. The first kappa shape index (κ1) is 15.9. The van der Waals surface area contributed by atoms with Gasteiger partial charge in [-0.3, -0.25) is 0 Å². The Labute approximate surface area is 143 Å². The van der Waals surface area contributed by atoms with E-state index in [0.717, 1.165) is 11.3 Å². The number of hydrogen-bond acceptors (Lipinski definition) is 4. The number of carbonyl (C=O) groups excluding carboxylic acids is 1. The molecule has 2 N–H and O–H groups in total. The topological polar surface area (TPSA) is 84.7 Å². The van der Waals surface area contributed by atoms with E-state index in [1.807, 2.05) is 36.4 Å². The number of carbonyl (C=O) groups is 1. The van der Waals surface area contributed by atoms with E-state index >= 15 is 0 Å². The number of benzene rings is 2. The summed E-state index contributed by atoms with van der Waals surface area (Å²) in [6.45, 7) is 0.523. The van der Waals surface area contributed by atoms with Crippen molar-refractivity contribution in [2.24, 2.45) is 0 Å². The van der Waals surface area contributed by atoms with E-state index < -0.39 is 0 Å². The third kappa shape index (κ3) is 4.30. The van der Waals surface area contributed by atoms with E-state index in [1.54, 1.807) is 12.1 Å². The van der Waals surface area contributed by atoms with Crippen molar-refractivity contribution in [3.05, 3.63) is 65.4 Å². The molecule has 1 aromatic heterocycles. The molecule has 0 atom stereocenters. The molecule has 0 radical (unpaired) electrons. The van der Waals surface area contributed by atoms with Crippen molar-refractivity contribution < 1.29 is 4.79 Å². The van der Waals surface area contributed by atoms with E-state index in [4.69, 9.17) is 11.6 Å². The molecule has 7 nitrogen and oxygen atoms in total. The molecule has 0 fully saturated rings. The smallest absolute Gasteiger partial charge is 0.319 e. The molecule has 3 aromatic rings. The minimum absolute atomic E-state index is 0.257. The highest BCUT2D eigenvalue weighted by atomic mass is 35.5. The third-order valence-corrected chi connectivity index (χ3v) is 3.56. The fourth-order valence-electron chi connectivity index (χ4n) is 2.17. The van der Waals surface area contributed by atoms with Crippen LogP contribution in [0.1, 0.15) is 5.56 Å². The van der Waals surface area contributed by atoms with Crippen LogP contribution in [-0.2, 0) is 6.42 Å². The summed E-state index contributed by atoms with van der Waals surface area (Å²) in [5.74, 6) is 0. The molecular formula is C16H15ClN6O. The number of urea groups is 1. The van der Waals surface area contributed by atoms with Gasteiger partial charge in [-0.1, -0.05) is 23.7 Å². The lowest BCUT2D eigenvalue weighted by Gasteiger charge is -2.08. The number of tetrazole rings is 1. The number of hydrogen-bond donors (Lipinski definition) is 2. The molecule has 0 bridgehead atoms. The molecule has 0 spiro atoms. The normalized spacial score (nSPS) is 10.4. The summed E-state index contributed by atoms with van der Waals surface area (Å²) < 4.78 is 1.54. The van der Waals surface area contributed by atoms with Crippen molar-refractivity contribution in [3.63, 3.8) is 0 Å². The van der Waals surface area contributed by atoms with Gasteiger partial charge in [-0.25, -0.2) is 9.48 Å². The maximum atomic E-state index is 11.9. The Hall–Kier alpha value is -2.93. The number of aromatic nitrogens is 4. The summed E-state index contributed by atoms with van der Waals surface area (Å²) in [5.41, 5.74) is 2.58. The van der Waals surface area contributed by atoms with E-state index in [0.29, 0.717) is 23.7 Å². The van der Waals surface area contributed by atoms with Crippen LogP contribution in [-0.4, -0.2) is 32.8 Å². The van der Waals surface area contributed by atoms with Crippen molar-refractivity contribution in [3.8, 4) is 5.69 Å². The van der Waals surface area contributed by atoms with Crippen LogP contribution in [0, 0.1) is 0 Å². The molecule has 2 amide bonds. The van der Waals surface area contributed by atoms with Gasteiger partial charge < -0.3 is 10.6 Å². The Balaban J connectivity index is 1.48. The summed E-state index contributed by atoms with van der Waals surface area (Å²) in [6.07, 6.45) is 2.22. The summed E-state index contributed by atoms with van der Waals surface area (Å²) in [4.78, 5) is 11.9. The van der Waals surface area contributed by atoms with Crippen LogP contribution in [0.3, 0.4) is 0 Å². The van der Waals surface area contributed by atoms with E-state index in [9.17, 15) is 4.79 Å². The van der Waals surface area contributed by atoms with Crippen LogP contribution in [0.15, 0.2) is 54.9 Å². The lowest BCUT2D eigenvalue weighted by atomic mass is 10.1. The molecule has 0 aliphatic heterocycles. The van der Waals surface area contributed by atoms with Gasteiger partial charge in [0, 0.05) is 17.3 Å². The zero-order valence-corrected chi connectivity index (χ0v) is 13.4. The van der Waals surface area contributed by atoms with Crippen molar-refractivity contribution in [2.75, 3.05) is 11.9 Å². The molecular weight excluding hydrogens is 328 g/mol. The summed E-state index contributed by atoms with van der Waals surface area (Å²) in [7, 11) is 0. The van der Waals surface area contributed by atoms with Gasteiger partial charge in [-0.2, -0.15) is 0 Å². The van der Waals surface area contributed by atoms with Crippen LogP contribution in [0.25, 0.3) is 5.69 Å². The predicted molar refractivity (Wildman–Crippen MR) is 91.3 cm³/mol. The van der Waals surface area contributed by atoms with Gasteiger partial charge in [-0.05, 0) is 58.8 Å². The second-order valence-corrected chi connectivity index (χ2v) is 5.50. The highest BCUT2D eigenvalue weighted by molar-refractivity contribution is 6.30. The van der Waals surface area contributed by atoms with Crippen molar-refractivity contribution in [2.45, 2.75) is 6.42 Å². The number of anilines is 1. The Morgan fingerprint density at radius 2 is 2.00 bits per heavy atom. The van der Waals surface area contributed by atoms with Crippen LogP contribution in [0.2, 0.25) is 5.02 Å². The fourth-order valence-corrected chi connectivity index (χ4v) is 2.38. The van der Waals surface area contributed by atoms with Crippen molar-refractivity contribution in [1.29, 1.82) is 0 Å². The van der Waals surface area contributed by atoms with Crippen LogP contribution in [0.4, 0.5) is 10.5 Å². The van der Waals surface area contributed by atoms with E-state index in [-0.39, 0.29) is 6.03 Å². The standard InChI is InChI=1S/C16H15ClN6O/c17-13-3-1-2-12(10-13)8-9-18-16(24)20-14-4-6-15(7-5-14)23-11-19-21-22-23/h1-7,10-11H,8-9H2,(H2,18,20,24). The van der Waals surface area contributed by atoms with Gasteiger partial charge in [0.05, 0.1) is 5.69 Å². The molecule has 8 heteroatoms. The lowest BCUT2D eigenvalue weighted by Crippen LogP contribution is -2.30. The lowest BCUT2D eigenvalue weighted by molar-refractivity contribution is 0.252. The van der Waals surface area contributed by atoms with Crippen LogP contribution in [0.5, 0.6) is 0 Å². The Morgan fingerprint density at radius 3 is 2.71 bits per heavy atom. The Morgan fingerprint density at radius 1 is 1.17 bits per heavy atom. The molecule has 122 valence electrons. The minimum atomic E-state index is -0.257. The number of amides is 2. The number of nitrogens with one attached hydrogen (secondary N) is 2. The molecule has 1 heterocycles. The van der Waals surface area contributed by atoms with Gasteiger partial charge in [0.25, 0.3) is 0 Å². The monoisotopic (exact) mass is 342 g/mol. The fraction of sp³-hybridized carbons (Fsp3) is 0.125. The van der Waals surface area contributed by atoms with Crippen molar-refractivity contribution >= 4 is 23.3 Å². The molecule has 3 rings (SSSR count). The van der Waals surface area contributed by atoms with Gasteiger partial charge in [0.15, 0.2) is 0 Å². The molecule has 2 aromatic carbocycles. The maximum Gasteiger partial charge on any atom is 0.319 e. The second kappa shape index (κ2) is 7.56. The zero-order valence-electron chi connectivity index (χ0n) is 12.7. The molecule has 24 heavy (non-hydrogen) atoms. The average molecular weight is 343 g/mol. The summed E-state index contributed by atoms with van der Waals surface area (Å²) in [6, 6.07) is 14.5. The van der Waals surface area contributed by atoms with E-state index in [1.165, 1.54) is 11.0 Å². The summed E-state index contributed by atoms with van der Waals surface area (Å²) >= 11 is 5.93. The molecule has 0 aliphatic rings. The Bertz CT molecular complexity index is 804. The highest BCUT2D eigenvalue weighted by Gasteiger charge is 2.03. The largest absolute Gasteiger partial charge is 0.338 e. The minimum Gasteiger partial charge on any atom is -0.338 e. The number of nitrogens with zero attached hydrogens (tertiary/aromatic N) is 4. The highest BCUT2D eigenvalue weighted by Crippen LogP contribution is 2.12. The van der Waals surface area contributed by atoms with Crippen LogP contribution < -0.4 is 10.6 Å². The second-order valence-electron chi connectivity index (χ2n) is 5.06. The van der Waals surface area contributed by atoms with Gasteiger partial charge >= 0.3 is 6.03 Å². The van der Waals surface area contributed by atoms with Gasteiger partial charge in [0.1, 0.15) is 6.33 Å². The SMILES string of the molecule is O=C(NCCc1cccc(Cl)c1)Nc1ccc(-n2cnnn2)cc1. The van der Waals surface area contributed by atoms with E-state index in [2.05, 4.69) is 26.2 Å². The first-order chi connectivity index (χ1) is 11.7. The first-order valence-electron chi connectivity index (χ1n) is 7.33. The molecule has 0 unspecified atom stereocenters. The number of halogens is 1. The molecule has 0 aliphatic carbocycles. The quantitative estimate of drug-likeness (QED) is 0.746.